The first-order chi connectivity index (χ1) is 13.2. The number of carbonyl (C=O) groups is 1. The van der Waals surface area contributed by atoms with Crippen LogP contribution in [0.2, 0.25) is 0 Å². The maximum atomic E-state index is 11.9. The van der Waals surface area contributed by atoms with E-state index >= 15 is 0 Å². The summed E-state index contributed by atoms with van der Waals surface area (Å²) in [6.07, 6.45) is 3.81. The Morgan fingerprint density at radius 1 is 1.04 bits per heavy atom. The summed E-state index contributed by atoms with van der Waals surface area (Å²) < 4.78 is 7.25. The number of rotatable bonds is 8. The summed E-state index contributed by atoms with van der Waals surface area (Å²) >= 11 is 0. The van der Waals surface area contributed by atoms with E-state index in [9.17, 15) is 4.79 Å². The quantitative estimate of drug-likeness (QED) is 0.533. The highest BCUT2D eigenvalue weighted by Gasteiger charge is 2.02. The number of hydrogen-bond acceptors (Lipinski definition) is 5. The van der Waals surface area contributed by atoms with E-state index in [1.165, 1.54) is 0 Å². The fourth-order valence-electron chi connectivity index (χ4n) is 2.39. The van der Waals surface area contributed by atoms with E-state index in [0.29, 0.717) is 31.2 Å². The van der Waals surface area contributed by atoms with Crippen LogP contribution in [-0.2, 0) is 0 Å². The van der Waals surface area contributed by atoms with E-state index in [0.717, 1.165) is 11.6 Å². The van der Waals surface area contributed by atoms with Crippen LogP contribution in [-0.4, -0.2) is 40.5 Å². The van der Waals surface area contributed by atoms with E-state index < -0.39 is 0 Å². The molecule has 3 rings (SSSR count). The van der Waals surface area contributed by atoms with Crippen molar-refractivity contribution in [3.05, 3.63) is 60.9 Å². The van der Waals surface area contributed by atoms with Crippen molar-refractivity contribution in [1.29, 1.82) is 0 Å². The third-order valence-corrected chi connectivity index (χ3v) is 3.66. The van der Waals surface area contributed by atoms with Gasteiger partial charge in [0.1, 0.15) is 11.6 Å². The minimum Gasteiger partial charge on any atom is -0.494 e. The Balaban J connectivity index is 1.37. The van der Waals surface area contributed by atoms with Crippen LogP contribution in [0.25, 0.3) is 5.82 Å². The number of nitrogens with one attached hydrogen (secondary N) is 3. The van der Waals surface area contributed by atoms with Crippen LogP contribution in [0.5, 0.6) is 5.75 Å². The van der Waals surface area contributed by atoms with Gasteiger partial charge in [0.2, 0.25) is 0 Å². The molecule has 1 aromatic carbocycles. The molecule has 3 N–H and O–H groups in total. The number of carbonyl (C=O) groups excluding carboxylic acids is 1. The zero-order valence-electron chi connectivity index (χ0n) is 15.1. The van der Waals surface area contributed by atoms with Crippen LogP contribution in [0, 0.1) is 0 Å². The lowest BCUT2D eigenvalue weighted by molar-refractivity contribution is 0.252. The van der Waals surface area contributed by atoms with Gasteiger partial charge in [-0.1, -0.05) is 0 Å². The molecular weight excluding hydrogens is 344 g/mol. The lowest BCUT2D eigenvalue weighted by atomic mass is 10.3. The number of urea groups is 1. The van der Waals surface area contributed by atoms with E-state index in [4.69, 9.17) is 4.74 Å². The third-order valence-electron chi connectivity index (χ3n) is 3.66. The van der Waals surface area contributed by atoms with Gasteiger partial charge < -0.3 is 25.3 Å². The molecule has 0 radical (unpaired) electrons. The van der Waals surface area contributed by atoms with Crippen LogP contribution >= 0.6 is 0 Å². The first kappa shape index (κ1) is 18.2. The Kier molecular flexibility index (Phi) is 6.24. The van der Waals surface area contributed by atoms with Gasteiger partial charge in [-0.3, -0.25) is 0 Å². The molecule has 0 aliphatic rings. The Labute approximate surface area is 157 Å². The summed E-state index contributed by atoms with van der Waals surface area (Å²) in [5, 5.41) is 16.9. The Bertz CT molecular complexity index is 832. The second-order valence-electron chi connectivity index (χ2n) is 5.63. The molecule has 0 saturated heterocycles. The molecule has 8 heteroatoms. The first-order valence-electron chi connectivity index (χ1n) is 8.73. The molecule has 27 heavy (non-hydrogen) atoms. The molecule has 0 saturated carbocycles. The van der Waals surface area contributed by atoms with Crippen molar-refractivity contribution < 1.29 is 9.53 Å². The summed E-state index contributed by atoms with van der Waals surface area (Å²) in [6, 6.07) is 14.5. The Morgan fingerprint density at radius 2 is 1.81 bits per heavy atom. The fourth-order valence-corrected chi connectivity index (χ4v) is 2.39. The second kappa shape index (κ2) is 9.23. The zero-order valence-corrected chi connectivity index (χ0v) is 15.1. The number of nitrogens with zero attached hydrogens (tertiary/aromatic N) is 3. The van der Waals surface area contributed by atoms with Gasteiger partial charge in [0.15, 0.2) is 5.82 Å². The molecule has 0 atom stereocenters. The highest BCUT2D eigenvalue weighted by Crippen LogP contribution is 2.15. The molecule has 2 amide bonds. The minimum atomic E-state index is -0.269. The van der Waals surface area contributed by atoms with Crippen molar-refractivity contribution in [1.82, 2.24) is 20.1 Å². The molecular formula is C19H22N6O2. The normalized spacial score (nSPS) is 10.3. The minimum absolute atomic E-state index is 0.269. The zero-order chi connectivity index (χ0) is 18.9. The SMILES string of the molecule is CCOc1ccc(NC(=O)NCCNc2ccc(-n3cccc3)nn2)cc1. The van der Waals surface area contributed by atoms with E-state index in [1.807, 2.05) is 60.3 Å². The number of hydrogen-bond donors (Lipinski definition) is 3. The standard InChI is InChI=1S/C19H22N6O2/c1-2-27-16-7-5-15(6-8-16)22-19(26)21-12-11-20-17-9-10-18(24-23-17)25-13-3-4-14-25/h3-10,13-14H,2,11-12H2,1H3,(H,20,23)(H2,21,22,26). The van der Waals surface area contributed by atoms with Gasteiger partial charge in [0.05, 0.1) is 6.61 Å². The monoisotopic (exact) mass is 366 g/mol. The molecule has 140 valence electrons. The van der Waals surface area contributed by atoms with Crippen LogP contribution in [0.15, 0.2) is 60.9 Å². The average Bonchev–Trinajstić information content (AvgIpc) is 3.22. The number of benzene rings is 1. The lowest BCUT2D eigenvalue weighted by Crippen LogP contribution is -2.32. The molecule has 0 unspecified atom stereocenters. The van der Waals surface area contributed by atoms with Gasteiger partial charge in [0.25, 0.3) is 0 Å². The van der Waals surface area contributed by atoms with Gasteiger partial charge in [-0.05, 0) is 55.5 Å². The van der Waals surface area contributed by atoms with Gasteiger partial charge in [0, 0.05) is 31.2 Å². The molecule has 2 aromatic heterocycles. The van der Waals surface area contributed by atoms with E-state index in [2.05, 4.69) is 26.1 Å². The van der Waals surface area contributed by atoms with Crippen molar-refractivity contribution in [3.63, 3.8) is 0 Å². The predicted octanol–water partition coefficient (Wildman–Crippen LogP) is 2.90. The molecule has 0 spiro atoms. The number of ether oxygens (including phenoxy) is 1. The molecule has 0 aliphatic heterocycles. The van der Waals surface area contributed by atoms with Crippen molar-refractivity contribution in [2.75, 3.05) is 30.3 Å². The fraction of sp³-hybridized carbons (Fsp3) is 0.211. The maximum absolute atomic E-state index is 11.9. The largest absolute Gasteiger partial charge is 0.494 e. The van der Waals surface area contributed by atoms with Crippen molar-refractivity contribution in [3.8, 4) is 11.6 Å². The Hall–Kier alpha value is -3.55. The number of aromatic nitrogens is 3. The highest BCUT2D eigenvalue weighted by atomic mass is 16.5. The van der Waals surface area contributed by atoms with E-state index in [-0.39, 0.29) is 6.03 Å². The van der Waals surface area contributed by atoms with Crippen molar-refractivity contribution in [2.24, 2.45) is 0 Å². The summed E-state index contributed by atoms with van der Waals surface area (Å²) in [6.45, 7) is 3.52. The number of anilines is 2. The summed E-state index contributed by atoms with van der Waals surface area (Å²) in [5.74, 6) is 2.18. The van der Waals surface area contributed by atoms with Crippen LogP contribution in [0.3, 0.4) is 0 Å². The highest BCUT2D eigenvalue weighted by molar-refractivity contribution is 5.89. The number of amides is 2. The van der Waals surface area contributed by atoms with Gasteiger partial charge in [-0.15, -0.1) is 10.2 Å². The van der Waals surface area contributed by atoms with Crippen LogP contribution < -0.4 is 20.7 Å². The molecule has 2 heterocycles. The first-order valence-corrected chi connectivity index (χ1v) is 8.73. The smallest absolute Gasteiger partial charge is 0.319 e. The van der Waals surface area contributed by atoms with Crippen molar-refractivity contribution in [2.45, 2.75) is 6.92 Å². The van der Waals surface area contributed by atoms with Gasteiger partial charge >= 0.3 is 6.03 Å². The van der Waals surface area contributed by atoms with Crippen LogP contribution in [0.1, 0.15) is 6.92 Å². The topological polar surface area (TPSA) is 93.1 Å². The molecule has 0 bridgehead atoms. The summed E-state index contributed by atoms with van der Waals surface area (Å²) in [4.78, 5) is 11.9. The summed E-state index contributed by atoms with van der Waals surface area (Å²) in [7, 11) is 0. The van der Waals surface area contributed by atoms with Crippen LogP contribution in [0.4, 0.5) is 16.3 Å². The predicted molar refractivity (Wildman–Crippen MR) is 104 cm³/mol. The molecule has 3 aromatic rings. The average molecular weight is 366 g/mol. The second-order valence-corrected chi connectivity index (χ2v) is 5.63. The lowest BCUT2D eigenvalue weighted by Gasteiger charge is -2.10. The van der Waals surface area contributed by atoms with Crippen molar-refractivity contribution >= 4 is 17.5 Å². The van der Waals surface area contributed by atoms with E-state index in [1.54, 1.807) is 12.1 Å². The maximum Gasteiger partial charge on any atom is 0.319 e. The van der Waals surface area contributed by atoms with Gasteiger partial charge in [-0.2, -0.15) is 0 Å². The molecule has 0 aliphatic carbocycles. The Morgan fingerprint density at radius 3 is 2.48 bits per heavy atom. The molecule has 8 nitrogen and oxygen atoms in total. The third kappa shape index (κ3) is 5.46. The van der Waals surface area contributed by atoms with Gasteiger partial charge in [-0.25, -0.2) is 4.79 Å². The molecule has 0 fully saturated rings. The summed E-state index contributed by atoms with van der Waals surface area (Å²) in [5.41, 5.74) is 0.704.